The van der Waals surface area contributed by atoms with Gasteiger partial charge in [-0.1, -0.05) is 25.0 Å². The Labute approximate surface area is 126 Å². The van der Waals surface area contributed by atoms with E-state index in [1.165, 1.54) is 55.6 Å². The summed E-state index contributed by atoms with van der Waals surface area (Å²) in [6, 6.07) is 8.73. The van der Waals surface area contributed by atoms with Crippen LogP contribution in [0.1, 0.15) is 44.1 Å². The Bertz CT molecular complexity index is 436. The van der Waals surface area contributed by atoms with Crippen molar-refractivity contribution in [2.45, 2.75) is 50.0 Å². The molecule has 2 aliphatic rings. The molecule has 0 radical (unpaired) electrons. The lowest BCUT2D eigenvalue weighted by Gasteiger charge is -2.29. The van der Waals surface area contributed by atoms with E-state index < -0.39 is 0 Å². The van der Waals surface area contributed by atoms with E-state index in [1.807, 2.05) is 11.8 Å². The van der Waals surface area contributed by atoms with Crippen LogP contribution in [0.15, 0.2) is 24.3 Å². The molecule has 0 spiro atoms. The van der Waals surface area contributed by atoms with Crippen LogP contribution in [0.25, 0.3) is 0 Å². The molecule has 1 saturated carbocycles. The molecule has 2 N–H and O–H groups in total. The number of hydrogen-bond acceptors (Lipinski definition) is 3. The van der Waals surface area contributed by atoms with Crippen molar-refractivity contribution in [3.05, 3.63) is 29.8 Å². The topological polar surface area (TPSA) is 35.2 Å². The van der Waals surface area contributed by atoms with Gasteiger partial charge in [0.05, 0.1) is 0 Å². The van der Waals surface area contributed by atoms with Gasteiger partial charge in [-0.3, -0.25) is 0 Å². The molecule has 1 aromatic carbocycles. The number of thioether (sulfide) groups is 1. The molecule has 3 heteroatoms. The van der Waals surface area contributed by atoms with Crippen LogP contribution in [0.5, 0.6) is 5.75 Å². The standard InChI is InChI=1S/C17H25NOS/c18-13-17(8-1-2-9-17)14-4-3-5-16(12-14)19-15-6-10-20-11-7-15/h3-5,12,15H,1-2,6-11,13,18H2. The second kappa shape index (κ2) is 6.40. The van der Waals surface area contributed by atoms with Crippen LogP contribution in [0.2, 0.25) is 0 Å². The lowest BCUT2D eigenvalue weighted by atomic mass is 9.79. The highest BCUT2D eigenvalue weighted by molar-refractivity contribution is 7.99. The largest absolute Gasteiger partial charge is 0.490 e. The summed E-state index contributed by atoms with van der Waals surface area (Å²) in [5.41, 5.74) is 7.69. The van der Waals surface area contributed by atoms with Crippen LogP contribution in [-0.4, -0.2) is 24.2 Å². The van der Waals surface area contributed by atoms with Gasteiger partial charge < -0.3 is 10.5 Å². The van der Waals surface area contributed by atoms with E-state index in [1.54, 1.807) is 0 Å². The van der Waals surface area contributed by atoms with Gasteiger partial charge in [0.25, 0.3) is 0 Å². The average Bonchev–Trinajstić information content (AvgIpc) is 2.99. The number of benzene rings is 1. The van der Waals surface area contributed by atoms with Crippen LogP contribution in [0.4, 0.5) is 0 Å². The van der Waals surface area contributed by atoms with Gasteiger partial charge in [0, 0.05) is 12.0 Å². The fourth-order valence-electron chi connectivity index (χ4n) is 3.55. The Kier molecular flexibility index (Phi) is 4.57. The third-order valence-electron chi connectivity index (χ3n) is 4.87. The first-order valence-electron chi connectivity index (χ1n) is 7.87. The SMILES string of the molecule is NCC1(c2cccc(OC3CCSCC3)c2)CCCC1. The molecule has 2 nitrogen and oxygen atoms in total. The van der Waals surface area contributed by atoms with Crippen LogP contribution >= 0.6 is 11.8 Å². The predicted octanol–water partition coefficient (Wildman–Crippen LogP) is 3.73. The van der Waals surface area contributed by atoms with Crippen LogP contribution < -0.4 is 10.5 Å². The van der Waals surface area contributed by atoms with Gasteiger partial charge in [0.1, 0.15) is 11.9 Å². The molecule has 1 saturated heterocycles. The summed E-state index contributed by atoms with van der Waals surface area (Å²) in [4.78, 5) is 0. The van der Waals surface area contributed by atoms with Gasteiger partial charge in [-0.2, -0.15) is 11.8 Å². The Morgan fingerprint density at radius 3 is 2.65 bits per heavy atom. The maximum absolute atomic E-state index is 6.19. The van der Waals surface area contributed by atoms with Crippen molar-refractivity contribution in [1.82, 2.24) is 0 Å². The highest BCUT2D eigenvalue weighted by Crippen LogP contribution is 2.41. The molecule has 0 bridgehead atoms. The number of rotatable bonds is 4. The summed E-state index contributed by atoms with van der Waals surface area (Å²) < 4.78 is 6.19. The van der Waals surface area contributed by atoms with E-state index in [0.717, 1.165) is 12.3 Å². The van der Waals surface area contributed by atoms with Crippen LogP contribution in [0, 0.1) is 0 Å². The fraction of sp³-hybridized carbons (Fsp3) is 0.647. The third-order valence-corrected chi connectivity index (χ3v) is 5.92. The van der Waals surface area contributed by atoms with E-state index in [0.29, 0.717) is 6.10 Å². The Morgan fingerprint density at radius 1 is 1.20 bits per heavy atom. The minimum absolute atomic E-state index is 0.210. The summed E-state index contributed by atoms with van der Waals surface area (Å²) in [5.74, 6) is 3.51. The second-order valence-electron chi connectivity index (χ2n) is 6.15. The third kappa shape index (κ3) is 2.99. The second-order valence-corrected chi connectivity index (χ2v) is 7.37. The van der Waals surface area contributed by atoms with E-state index in [4.69, 9.17) is 10.5 Å². The highest BCUT2D eigenvalue weighted by atomic mass is 32.2. The number of ether oxygens (including phenoxy) is 1. The molecule has 2 fully saturated rings. The van der Waals surface area contributed by atoms with Crippen molar-refractivity contribution in [3.8, 4) is 5.75 Å². The zero-order valence-electron chi connectivity index (χ0n) is 12.1. The van der Waals surface area contributed by atoms with Gasteiger partial charge in [-0.25, -0.2) is 0 Å². The molecule has 1 aromatic rings. The van der Waals surface area contributed by atoms with E-state index in [9.17, 15) is 0 Å². The molecule has 110 valence electrons. The molecule has 0 aromatic heterocycles. The molecule has 0 unspecified atom stereocenters. The van der Waals surface area contributed by atoms with Crippen molar-refractivity contribution in [3.63, 3.8) is 0 Å². The lowest BCUT2D eigenvalue weighted by molar-refractivity contribution is 0.192. The van der Waals surface area contributed by atoms with Crippen molar-refractivity contribution in [1.29, 1.82) is 0 Å². The van der Waals surface area contributed by atoms with Crippen LogP contribution in [0.3, 0.4) is 0 Å². The molecule has 1 aliphatic heterocycles. The molecular formula is C17H25NOS. The Balaban J connectivity index is 1.75. The van der Waals surface area contributed by atoms with Crippen molar-refractivity contribution < 1.29 is 4.74 Å². The molecule has 0 atom stereocenters. The Hall–Kier alpha value is -0.670. The Morgan fingerprint density at radius 2 is 1.95 bits per heavy atom. The van der Waals surface area contributed by atoms with E-state index in [-0.39, 0.29) is 5.41 Å². The first-order valence-corrected chi connectivity index (χ1v) is 9.03. The normalized spacial score (nSPS) is 22.9. The molecule has 0 amide bonds. The monoisotopic (exact) mass is 291 g/mol. The first-order chi connectivity index (χ1) is 9.82. The van der Waals surface area contributed by atoms with Gasteiger partial charge >= 0.3 is 0 Å². The van der Waals surface area contributed by atoms with Crippen molar-refractivity contribution >= 4 is 11.8 Å². The summed E-state index contributed by atoms with van der Waals surface area (Å²) >= 11 is 2.04. The zero-order valence-corrected chi connectivity index (χ0v) is 13.0. The van der Waals surface area contributed by atoms with Crippen molar-refractivity contribution in [2.24, 2.45) is 5.73 Å². The minimum Gasteiger partial charge on any atom is -0.490 e. The number of nitrogens with two attached hydrogens (primary N) is 1. The maximum Gasteiger partial charge on any atom is 0.120 e. The number of hydrogen-bond donors (Lipinski definition) is 1. The van der Waals surface area contributed by atoms with Crippen molar-refractivity contribution in [2.75, 3.05) is 18.1 Å². The zero-order chi connectivity index (χ0) is 13.8. The van der Waals surface area contributed by atoms with E-state index in [2.05, 4.69) is 24.3 Å². The summed E-state index contributed by atoms with van der Waals surface area (Å²) in [5, 5.41) is 0. The average molecular weight is 291 g/mol. The molecule has 3 rings (SSSR count). The molecule has 20 heavy (non-hydrogen) atoms. The lowest BCUT2D eigenvalue weighted by Crippen LogP contribution is -2.32. The van der Waals surface area contributed by atoms with Crippen LogP contribution in [-0.2, 0) is 5.41 Å². The first kappa shape index (κ1) is 14.3. The van der Waals surface area contributed by atoms with Gasteiger partial charge in [-0.15, -0.1) is 0 Å². The molecule has 1 heterocycles. The minimum atomic E-state index is 0.210. The molecule has 1 aliphatic carbocycles. The highest BCUT2D eigenvalue weighted by Gasteiger charge is 2.34. The summed E-state index contributed by atoms with van der Waals surface area (Å²) in [6.45, 7) is 0.760. The maximum atomic E-state index is 6.19. The summed E-state index contributed by atoms with van der Waals surface area (Å²) in [6.07, 6.45) is 7.84. The fourth-order valence-corrected chi connectivity index (χ4v) is 4.61. The molecular weight excluding hydrogens is 266 g/mol. The predicted molar refractivity (Wildman–Crippen MR) is 86.6 cm³/mol. The van der Waals surface area contributed by atoms with Gasteiger partial charge in [0.15, 0.2) is 0 Å². The smallest absolute Gasteiger partial charge is 0.120 e. The quantitative estimate of drug-likeness (QED) is 0.918. The van der Waals surface area contributed by atoms with E-state index >= 15 is 0 Å². The van der Waals surface area contributed by atoms with Gasteiger partial charge in [-0.05, 0) is 54.9 Å². The summed E-state index contributed by atoms with van der Waals surface area (Å²) in [7, 11) is 0. The van der Waals surface area contributed by atoms with Gasteiger partial charge in [0.2, 0.25) is 0 Å².